The van der Waals surface area contributed by atoms with E-state index in [0.29, 0.717) is 45.2 Å². The Morgan fingerprint density at radius 1 is 1.28 bits per heavy atom. The molecule has 29 heavy (non-hydrogen) atoms. The van der Waals surface area contributed by atoms with Crippen LogP contribution in [0.5, 0.6) is 0 Å². The van der Waals surface area contributed by atoms with Gasteiger partial charge in [-0.1, -0.05) is 12.1 Å². The summed E-state index contributed by atoms with van der Waals surface area (Å²) >= 11 is 0. The van der Waals surface area contributed by atoms with Crippen LogP contribution in [0.25, 0.3) is 0 Å². The molecule has 2 saturated heterocycles. The summed E-state index contributed by atoms with van der Waals surface area (Å²) in [5, 5.41) is 6.52. The first-order chi connectivity index (χ1) is 14.0. The summed E-state index contributed by atoms with van der Waals surface area (Å²) < 4.78 is 42.2. The average molecular weight is 427 g/mol. The minimum Gasteiger partial charge on any atom is -0.379 e. The predicted molar refractivity (Wildman–Crippen MR) is 112 cm³/mol. The summed E-state index contributed by atoms with van der Waals surface area (Å²) in [4.78, 5) is 7.07. The Morgan fingerprint density at radius 3 is 2.62 bits per heavy atom. The molecule has 0 bridgehead atoms. The van der Waals surface area contributed by atoms with Crippen LogP contribution in [-0.2, 0) is 14.6 Å². The van der Waals surface area contributed by atoms with E-state index in [1.54, 1.807) is 0 Å². The van der Waals surface area contributed by atoms with Crippen molar-refractivity contribution in [2.75, 3.05) is 57.4 Å². The third-order valence-corrected chi connectivity index (χ3v) is 7.23. The SMILES string of the molecule is CCNC(=NCC(c1ccc(F)cc1)N1CCOCC1)NCC1CCS(=O)(=O)C1. The number of ether oxygens (including phenoxy) is 1. The molecule has 0 amide bonds. The molecule has 0 aromatic heterocycles. The van der Waals surface area contributed by atoms with E-state index in [0.717, 1.165) is 18.7 Å². The molecule has 9 heteroatoms. The van der Waals surface area contributed by atoms with Crippen molar-refractivity contribution < 1.29 is 17.5 Å². The molecule has 2 aliphatic heterocycles. The van der Waals surface area contributed by atoms with Crippen LogP contribution in [0.4, 0.5) is 4.39 Å². The van der Waals surface area contributed by atoms with Gasteiger partial charge in [-0.2, -0.15) is 0 Å². The maximum Gasteiger partial charge on any atom is 0.191 e. The normalized spacial score (nSPS) is 23.7. The van der Waals surface area contributed by atoms with Crippen LogP contribution in [0, 0.1) is 11.7 Å². The minimum atomic E-state index is -2.88. The van der Waals surface area contributed by atoms with E-state index < -0.39 is 9.84 Å². The number of hydrogen-bond donors (Lipinski definition) is 2. The molecule has 7 nitrogen and oxygen atoms in total. The molecule has 162 valence electrons. The summed E-state index contributed by atoms with van der Waals surface area (Å²) in [5.41, 5.74) is 1.02. The van der Waals surface area contributed by atoms with Gasteiger partial charge in [0.1, 0.15) is 5.82 Å². The smallest absolute Gasteiger partial charge is 0.191 e. The fourth-order valence-electron chi connectivity index (χ4n) is 3.80. The average Bonchev–Trinajstić information content (AvgIpc) is 3.07. The summed E-state index contributed by atoms with van der Waals surface area (Å²) in [6, 6.07) is 6.62. The van der Waals surface area contributed by atoms with Crippen LogP contribution in [0.1, 0.15) is 24.9 Å². The van der Waals surface area contributed by atoms with Gasteiger partial charge in [0.05, 0.1) is 37.3 Å². The van der Waals surface area contributed by atoms with Gasteiger partial charge in [0.15, 0.2) is 15.8 Å². The molecular formula is C20H31FN4O3S. The third-order valence-electron chi connectivity index (χ3n) is 5.39. The van der Waals surface area contributed by atoms with Crippen molar-refractivity contribution in [2.24, 2.45) is 10.9 Å². The molecule has 0 aliphatic carbocycles. The van der Waals surface area contributed by atoms with Gasteiger partial charge in [-0.25, -0.2) is 12.8 Å². The van der Waals surface area contributed by atoms with E-state index in [4.69, 9.17) is 9.73 Å². The molecule has 2 heterocycles. The number of benzene rings is 1. The molecule has 2 unspecified atom stereocenters. The van der Waals surface area contributed by atoms with Gasteiger partial charge >= 0.3 is 0 Å². The summed E-state index contributed by atoms with van der Waals surface area (Å²) in [6.45, 7) is 6.78. The molecule has 0 spiro atoms. The third kappa shape index (κ3) is 6.65. The second-order valence-corrected chi connectivity index (χ2v) is 9.81. The van der Waals surface area contributed by atoms with E-state index >= 15 is 0 Å². The highest BCUT2D eigenvalue weighted by Gasteiger charge is 2.28. The number of morpholine rings is 1. The van der Waals surface area contributed by atoms with Crippen molar-refractivity contribution in [2.45, 2.75) is 19.4 Å². The summed E-state index contributed by atoms with van der Waals surface area (Å²) in [7, 11) is -2.88. The van der Waals surface area contributed by atoms with Gasteiger partial charge in [0.25, 0.3) is 0 Å². The second kappa shape index (κ2) is 10.4. The maximum absolute atomic E-state index is 13.4. The topological polar surface area (TPSA) is 83.0 Å². The van der Waals surface area contributed by atoms with Gasteiger partial charge < -0.3 is 15.4 Å². The van der Waals surface area contributed by atoms with Crippen molar-refractivity contribution in [1.82, 2.24) is 15.5 Å². The van der Waals surface area contributed by atoms with E-state index in [1.807, 2.05) is 19.1 Å². The van der Waals surface area contributed by atoms with Crippen molar-refractivity contribution in [1.29, 1.82) is 0 Å². The zero-order valence-corrected chi connectivity index (χ0v) is 17.8. The highest BCUT2D eigenvalue weighted by Crippen LogP contribution is 2.23. The zero-order chi connectivity index (χ0) is 20.7. The molecule has 0 saturated carbocycles. The molecule has 2 N–H and O–H groups in total. The fourth-order valence-corrected chi connectivity index (χ4v) is 5.66. The van der Waals surface area contributed by atoms with Crippen molar-refractivity contribution in [3.8, 4) is 0 Å². The number of guanidine groups is 1. The van der Waals surface area contributed by atoms with Crippen LogP contribution in [0.2, 0.25) is 0 Å². The Bertz CT molecular complexity index is 779. The lowest BCUT2D eigenvalue weighted by Crippen LogP contribution is -2.42. The molecule has 2 aliphatic rings. The number of rotatable bonds is 7. The first-order valence-corrected chi connectivity index (χ1v) is 12.1. The molecule has 3 rings (SSSR count). The van der Waals surface area contributed by atoms with Gasteiger partial charge in [-0.3, -0.25) is 9.89 Å². The van der Waals surface area contributed by atoms with Crippen LogP contribution >= 0.6 is 0 Å². The maximum atomic E-state index is 13.4. The Kier molecular flexibility index (Phi) is 7.85. The Labute approximate surface area is 172 Å². The molecule has 0 radical (unpaired) electrons. The summed E-state index contributed by atoms with van der Waals surface area (Å²) in [6.07, 6.45) is 0.695. The van der Waals surface area contributed by atoms with Crippen LogP contribution in [0.15, 0.2) is 29.3 Å². The van der Waals surface area contributed by atoms with Crippen molar-refractivity contribution in [3.63, 3.8) is 0 Å². The van der Waals surface area contributed by atoms with Crippen molar-refractivity contribution >= 4 is 15.8 Å². The summed E-state index contributed by atoms with van der Waals surface area (Å²) in [5.74, 6) is 1.06. The Balaban J connectivity index is 1.67. The lowest BCUT2D eigenvalue weighted by molar-refractivity contribution is 0.0179. The van der Waals surface area contributed by atoms with E-state index in [-0.39, 0.29) is 29.3 Å². The zero-order valence-electron chi connectivity index (χ0n) is 16.9. The Hall–Kier alpha value is -1.71. The van der Waals surface area contributed by atoms with Crippen LogP contribution < -0.4 is 10.6 Å². The molecule has 1 aromatic rings. The number of sulfone groups is 1. The number of nitrogens with one attached hydrogen (secondary N) is 2. The Morgan fingerprint density at radius 2 is 2.00 bits per heavy atom. The molecule has 2 fully saturated rings. The lowest BCUT2D eigenvalue weighted by atomic mass is 10.0. The number of aliphatic imine (C=N–C) groups is 1. The highest BCUT2D eigenvalue weighted by molar-refractivity contribution is 7.91. The molecular weight excluding hydrogens is 395 g/mol. The van der Waals surface area contributed by atoms with E-state index in [9.17, 15) is 12.8 Å². The number of hydrogen-bond acceptors (Lipinski definition) is 5. The number of halogens is 1. The monoisotopic (exact) mass is 426 g/mol. The molecule has 1 aromatic carbocycles. The van der Waals surface area contributed by atoms with E-state index in [1.165, 1.54) is 12.1 Å². The predicted octanol–water partition coefficient (Wildman–Crippen LogP) is 1.19. The van der Waals surface area contributed by atoms with Gasteiger partial charge in [-0.15, -0.1) is 0 Å². The molecule has 2 atom stereocenters. The van der Waals surface area contributed by atoms with Gasteiger partial charge in [0, 0.05) is 26.2 Å². The lowest BCUT2D eigenvalue weighted by Gasteiger charge is -2.34. The van der Waals surface area contributed by atoms with Crippen LogP contribution in [-0.4, -0.2) is 76.7 Å². The quantitative estimate of drug-likeness (QED) is 0.503. The van der Waals surface area contributed by atoms with Crippen LogP contribution in [0.3, 0.4) is 0 Å². The van der Waals surface area contributed by atoms with Gasteiger partial charge in [-0.05, 0) is 37.0 Å². The fraction of sp³-hybridized carbons (Fsp3) is 0.650. The highest BCUT2D eigenvalue weighted by atomic mass is 32.2. The van der Waals surface area contributed by atoms with E-state index in [2.05, 4.69) is 15.5 Å². The van der Waals surface area contributed by atoms with Gasteiger partial charge in [0.2, 0.25) is 0 Å². The minimum absolute atomic E-state index is 0.0295. The first kappa shape index (κ1) is 22.0. The first-order valence-electron chi connectivity index (χ1n) is 10.3. The number of nitrogens with zero attached hydrogens (tertiary/aromatic N) is 2. The largest absolute Gasteiger partial charge is 0.379 e. The van der Waals surface area contributed by atoms with Crippen molar-refractivity contribution in [3.05, 3.63) is 35.6 Å². The standard InChI is InChI=1S/C20H31FN4O3S/c1-2-22-20(23-13-16-7-12-29(26,27)15-16)24-14-19(25-8-10-28-11-9-25)17-3-5-18(21)6-4-17/h3-6,16,19H,2,7-15H2,1H3,(H2,22,23,24). The second-order valence-electron chi connectivity index (χ2n) is 7.59.